The molecule has 0 saturated heterocycles. The minimum Gasteiger partial charge on any atom is -0.238 e. The van der Waals surface area contributed by atoms with E-state index >= 15 is 0 Å². The molecule has 2 saturated carbocycles. The third-order valence-corrected chi connectivity index (χ3v) is 4.30. The molecule has 0 amide bonds. The number of carbonyl (C=O) groups excluding carboxylic acids is 1. The molecule has 0 aliphatic heterocycles. The van der Waals surface area contributed by atoms with Crippen LogP contribution in [0.15, 0.2) is 41.5 Å². The summed E-state index contributed by atoms with van der Waals surface area (Å²) < 4.78 is 2.02. The Morgan fingerprint density at radius 1 is 1.20 bits per heavy atom. The second kappa shape index (κ2) is 4.15. The van der Waals surface area contributed by atoms with Crippen molar-refractivity contribution in [3.63, 3.8) is 0 Å². The second-order valence-electron chi connectivity index (χ2n) is 5.72. The van der Waals surface area contributed by atoms with Crippen molar-refractivity contribution >= 4 is 6.08 Å². The van der Waals surface area contributed by atoms with Crippen LogP contribution < -0.4 is 0 Å². The Morgan fingerprint density at radius 3 is 2.55 bits per heavy atom. The van der Waals surface area contributed by atoms with Gasteiger partial charge in [0.25, 0.3) is 0 Å². The number of aliphatic imine (C=N–C) groups is 1. The van der Waals surface area contributed by atoms with Crippen LogP contribution in [-0.2, 0) is 10.3 Å². The topological polar surface area (TPSA) is 47.2 Å². The lowest BCUT2D eigenvalue weighted by Gasteiger charge is -2.11. The van der Waals surface area contributed by atoms with E-state index in [1.165, 1.54) is 18.5 Å². The standard InChI is InChI=1S/C16H15N3O/c20-11-17-16(8-9-16)13-3-5-14(6-4-13)19-15(7-10-18-19)12-1-2-12/h3-7,10,12H,1-2,8-9H2. The van der Waals surface area contributed by atoms with Crippen LogP contribution in [0, 0.1) is 0 Å². The van der Waals surface area contributed by atoms with E-state index < -0.39 is 0 Å². The minimum atomic E-state index is -0.288. The van der Waals surface area contributed by atoms with Crippen LogP contribution in [0.4, 0.5) is 0 Å². The van der Waals surface area contributed by atoms with Crippen molar-refractivity contribution in [3.05, 3.63) is 47.8 Å². The van der Waals surface area contributed by atoms with Crippen LogP contribution in [0.1, 0.15) is 42.9 Å². The third kappa shape index (κ3) is 1.81. The maximum Gasteiger partial charge on any atom is 0.235 e. The fraction of sp³-hybridized carbons (Fsp3) is 0.375. The molecular formula is C16H15N3O. The molecule has 4 rings (SSSR count). The zero-order valence-electron chi connectivity index (χ0n) is 11.1. The molecule has 20 heavy (non-hydrogen) atoms. The summed E-state index contributed by atoms with van der Waals surface area (Å²) in [7, 11) is 0. The summed E-state index contributed by atoms with van der Waals surface area (Å²) in [6.45, 7) is 0. The highest BCUT2D eigenvalue weighted by Gasteiger charge is 2.44. The van der Waals surface area contributed by atoms with Gasteiger partial charge in [0.2, 0.25) is 6.08 Å². The summed E-state index contributed by atoms with van der Waals surface area (Å²) in [6, 6.07) is 10.3. The number of benzene rings is 1. The molecule has 1 aromatic heterocycles. The average Bonchev–Trinajstić information content (AvgIpc) is 3.40. The van der Waals surface area contributed by atoms with Gasteiger partial charge in [-0.2, -0.15) is 10.1 Å². The van der Waals surface area contributed by atoms with Gasteiger partial charge in [0.05, 0.1) is 11.2 Å². The van der Waals surface area contributed by atoms with E-state index in [0.29, 0.717) is 5.92 Å². The second-order valence-corrected chi connectivity index (χ2v) is 5.72. The molecule has 2 aromatic rings. The van der Waals surface area contributed by atoms with Crippen molar-refractivity contribution in [2.24, 2.45) is 4.99 Å². The van der Waals surface area contributed by atoms with E-state index in [1.54, 1.807) is 6.08 Å². The minimum absolute atomic E-state index is 0.288. The fourth-order valence-corrected chi connectivity index (χ4v) is 2.80. The highest BCUT2D eigenvalue weighted by Crippen LogP contribution is 2.49. The lowest BCUT2D eigenvalue weighted by atomic mass is 10.1. The Morgan fingerprint density at radius 2 is 1.95 bits per heavy atom. The first-order chi connectivity index (χ1) is 9.82. The lowest BCUT2D eigenvalue weighted by molar-refractivity contribution is 0.556. The number of hydrogen-bond donors (Lipinski definition) is 0. The number of hydrogen-bond acceptors (Lipinski definition) is 3. The van der Waals surface area contributed by atoms with E-state index in [1.807, 2.05) is 10.9 Å². The van der Waals surface area contributed by atoms with Crippen LogP contribution in [-0.4, -0.2) is 15.9 Å². The smallest absolute Gasteiger partial charge is 0.235 e. The molecule has 1 heterocycles. The molecule has 100 valence electrons. The number of nitrogens with zero attached hydrogens (tertiary/aromatic N) is 3. The van der Waals surface area contributed by atoms with Crippen LogP contribution >= 0.6 is 0 Å². The molecule has 2 aliphatic rings. The van der Waals surface area contributed by atoms with E-state index in [2.05, 4.69) is 40.4 Å². The van der Waals surface area contributed by atoms with Gasteiger partial charge in [0.1, 0.15) is 0 Å². The molecule has 0 bridgehead atoms. The predicted molar refractivity (Wildman–Crippen MR) is 74.6 cm³/mol. The van der Waals surface area contributed by atoms with Gasteiger partial charge in [0.15, 0.2) is 0 Å². The largest absolute Gasteiger partial charge is 0.238 e. The van der Waals surface area contributed by atoms with Crippen LogP contribution in [0.2, 0.25) is 0 Å². The molecule has 2 aliphatic carbocycles. The maximum atomic E-state index is 10.5. The molecule has 0 unspecified atom stereocenters. The van der Waals surface area contributed by atoms with Gasteiger partial charge in [-0.1, -0.05) is 12.1 Å². The Kier molecular flexibility index (Phi) is 2.41. The zero-order valence-corrected chi connectivity index (χ0v) is 11.1. The zero-order chi connectivity index (χ0) is 13.6. The first kappa shape index (κ1) is 11.6. The number of rotatable bonds is 4. The van der Waals surface area contributed by atoms with Gasteiger partial charge in [-0.05, 0) is 49.4 Å². The van der Waals surface area contributed by atoms with E-state index in [9.17, 15) is 4.79 Å². The number of isocyanates is 1. The van der Waals surface area contributed by atoms with Crippen LogP contribution in [0.25, 0.3) is 5.69 Å². The van der Waals surface area contributed by atoms with Gasteiger partial charge >= 0.3 is 0 Å². The molecule has 0 N–H and O–H groups in total. The van der Waals surface area contributed by atoms with Crippen molar-refractivity contribution in [3.8, 4) is 5.69 Å². The quantitative estimate of drug-likeness (QED) is 0.630. The van der Waals surface area contributed by atoms with Crippen molar-refractivity contribution in [1.29, 1.82) is 0 Å². The summed E-state index contributed by atoms with van der Waals surface area (Å²) in [5.74, 6) is 0.673. The summed E-state index contributed by atoms with van der Waals surface area (Å²) in [5.41, 5.74) is 3.19. The van der Waals surface area contributed by atoms with Crippen molar-refractivity contribution < 1.29 is 4.79 Å². The normalized spacial score (nSPS) is 19.4. The number of aromatic nitrogens is 2. The van der Waals surface area contributed by atoms with Crippen molar-refractivity contribution in [1.82, 2.24) is 9.78 Å². The molecule has 4 nitrogen and oxygen atoms in total. The molecule has 0 radical (unpaired) electrons. The van der Waals surface area contributed by atoms with Crippen LogP contribution in [0.5, 0.6) is 0 Å². The van der Waals surface area contributed by atoms with Gasteiger partial charge in [-0.3, -0.25) is 0 Å². The van der Waals surface area contributed by atoms with E-state index in [4.69, 9.17) is 0 Å². The van der Waals surface area contributed by atoms with Crippen LogP contribution in [0.3, 0.4) is 0 Å². The molecule has 2 fully saturated rings. The Hall–Kier alpha value is -2.19. The lowest BCUT2D eigenvalue weighted by Crippen LogP contribution is -2.04. The Labute approximate surface area is 117 Å². The SMILES string of the molecule is O=C=NC1(c2ccc(-n3nccc3C3CC3)cc2)CC1. The molecule has 1 aromatic carbocycles. The van der Waals surface area contributed by atoms with Crippen molar-refractivity contribution in [2.45, 2.75) is 37.1 Å². The summed E-state index contributed by atoms with van der Waals surface area (Å²) >= 11 is 0. The van der Waals surface area contributed by atoms with E-state index in [0.717, 1.165) is 24.1 Å². The highest BCUT2D eigenvalue weighted by molar-refractivity contribution is 5.44. The van der Waals surface area contributed by atoms with Gasteiger partial charge in [0, 0.05) is 17.8 Å². The predicted octanol–water partition coefficient (Wildman–Crippen LogP) is 3.07. The van der Waals surface area contributed by atoms with Gasteiger partial charge in [-0.15, -0.1) is 0 Å². The summed E-state index contributed by atoms with van der Waals surface area (Å²) in [4.78, 5) is 14.5. The monoisotopic (exact) mass is 265 g/mol. The molecule has 4 heteroatoms. The first-order valence-corrected chi connectivity index (χ1v) is 7.06. The Bertz CT molecular complexity index is 687. The van der Waals surface area contributed by atoms with Gasteiger partial charge < -0.3 is 0 Å². The summed E-state index contributed by atoms with van der Waals surface area (Å²) in [5, 5.41) is 4.42. The molecule has 0 atom stereocenters. The average molecular weight is 265 g/mol. The third-order valence-electron chi connectivity index (χ3n) is 4.30. The maximum absolute atomic E-state index is 10.5. The van der Waals surface area contributed by atoms with E-state index in [-0.39, 0.29) is 5.54 Å². The van der Waals surface area contributed by atoms with Gasteiger partial charge in [-0.25, -0.2) is 9.48 Å². The Balaban J connectivity index is 1.67. The highest BCUT2D eigenvalue weighted by atomic mass is 16.1. The van der Waals surface area contributed by atoms with Crippen molar-refractivity contribution in [2.75, 3.05) is 0 Å². The first-order valence-electron chi connectivity index (χ1n) is 7.06. The molecular weight excluding hydrogens is 250 g/mol. The molecule has 0 spiro atoms. The fourth-order valence-electron chi connectivity index (χ4n) is 2.80. The summed E-state index contributed by atoms with van der Waals surface area (Å²) in [6.07, 6.45) is 7.97.